The van der Waals surface area contributed by atoms with Gasteiger partial charge in [-0.25, -0.2) is 8.78 Å². The molecular weight excluding hydrogens is 268 g/mol. The summed E-state index contributed by atoms with van der Waals surface area (Å²) < 4.78 is 31.7. The number of rotatable bonds is 5. The van der Waals surface area contributed by atoms with Crippen LogP contribution in [0.1, 0.15) is 24.5 Å². The predicted octanol–water partition coefficient (Wildman–Crippen LogP) is 2.20. The van der Waals surface area contributed by atoms with Crippen molar-refractivity contribution in [2.45, 2.75) is 18.9 Å². The first kappa shape index (κ1) is 14.9. The molecule has 2 rings (SSSR count). The van der Waals surface area contributed by atoms with E-state index in [2.05, 4.69) is 4.90 Å². The number of hydrogen-bond donors (Lipinski definition) is 1. The van der Waals surface area contributed by atoms with Crippen molar-refractivity contribution in [2.24, 2.45) is 0 Å². The molecule has 1 aliphatic rings. The zero-order valence-electron chi connectivity index (χ0n) is 11.0. The minimum absolute atomic E-state index is 0.132. The maximum atomic E-state index is 13.2. The summed E-state index contributed by atoms with van der Waals surface area (Å²) in [5.74, 6) is -2.56. The Morgan fingerprint density at radius 2 is 2.20 bits per heavy atom. The fraction of sp³-hybridized carbons (Fsp3) is 0.500. The van der Waals surface area contributed by atoms with Gasteiger partial charge < -0.3 is 9.84 Å². The van der Waals surface area contributed by atoms with Gasteiger partial charge in [0.2, 0.25) is 0 Å². The zero-order valence-corrected chi connectivity index (χ0v) is 11.0. The number of halogens is 2. The molecule has 0 amide bonds. The maximum absolute atomic E-state index is 13.2. The van der Waals surface area contributed by atoms with Gasteiger partial charge in [-0.15, -0.1) is 0 Å². The van der Waals surface area contributed by atoms with Gasteiger partial charge in [0.25, 0.3) is 0 Å². The molecule has 1 N–H and O–H groups in total. The van der Waals surface area contributed by atoms with Crippen LogP contribution in [-0.4, -0.2) is 42.2 Å². The topological polar surface area (TPSA) is 49.8 Å². The van der Waals surface area contributed by atoms with Crippen molar-refractivity contribution in [1.82, 2.24) is 4.90 Å². The van der Waals surface area contributed by atoms with Gasteiger partial charge in [-0.05, 0) is 30.7 Å². The van der Waals surface area contributed by atoms with Crippen LogP contribution in [0.25, 0.3) is 0 Å². The summed E-state index contributed by atoms with van der Waals surface area (Å²) in [6, 6.07) is 3.77. The van der Waals surface area contributed by atoms with Crippen molar-refractivity contribution in [3.05, 3.63) is 35.4 Å². The highest BCUT2D eigenvalue weighted by atomic mass is 19.2. The number of benzene rings is 1. The van der Waals surface area contributed by atoms with Crippen molar-refractivity contribution in [3.63, 3.8) is 0 Å². The highest BCUT2D eigenvalue weighted by Crippen LogP contribution is 2.23. The lowest BCUT2D eigenvalue weighted by atomic mass is 10.1. The van der Waals surface area contributed by atoms with E-state index < -0.39 is 17.6 Å². The van der Waals surface area contributed by atoms with Crippen LogP contribution in [0.3, 0.4) is 0 Å². The number of carboxylic acid groups (broad SMARTS) is 1. The number of hydrogen-bond acceptors (Lipinski definition) is 3. The number of nitrogens with zero attached hydrogens (tertiary/aromatic N) is 1. The molecule has 1 aromatic rings. The van der Waals surface area contributed by atoms with E-state index in [0.29, 0.717) is 31.7 Å². The summed E-state index contributed by atoms with van der Waals surface area (Å²) in [6.45, 7) is 2.44. The molecule has 0 bridgehead atoms. The number of carbonyl (C=O) groups is 1. The molecule has 0 unspecified atom stereocenters. The van der Waals surface area contributed by atoms with Gasteiger partial charge in [0.1, 0.15) is 0 Å². The van der Waals surface area contributed by atoms with E-state index in [-0.39, 0.29) is 12.5 Å². The lowest BCUT2D eigenvalue weighted by Gasteiger charge is -2.33. The lowest BCUT2D eigenvalue weighted by Crippen LogP contribution is -2.39. The van der Waals surface area contributed by atoms with Crippen molar-refractivity contribution in [3.8, 4) is 0 Å². The van der Waals surface area contributed by atoms with E-state index in [9.17, 15) is 13.6 Å². The van der Waals surface area contributed by atoms with Crippen LogP contribution >= 0.6 is 0 Å². The van der Waals surface area contributed by atoms with Gasteiger partial charge in [-0.1, -0.05) is 6.07 Å². The van der Waals surface area contributed by atoms with Crippen molar-refractivity contribution >= 4 is 5.97 Å². The third-order valence-electron chi connectivity index (χ3n) is 3.33. The Labute approximate surface area is 116 Å². The minimum atomic E-state index is -0.880. The van der Waals surface area contributed by atoms with Crippen LogP contribution in [0.5, 0.6) is 0 Å². The molecule has 1 fully saturated rings. The molecule has 1 aromatic carbocycles. The largest absolute Gasteiger partial charge is 0.481 e. The number of ether oxygens (including phenoxy) is 1. The molecule has 1 aliphatic heterocycles. The summed E-state index contributed by atoms with van der Waals surface area (Å²) in [7, 11) is 0. The van der Waals surface area contributed by atoms with Gasteiger partial charge in [0.15, 0.2) is 11.6 Å². The molecule has 20 heavy (non-hydrogen) atoms. The Kier molecular flexibility index (Phi) is 5.03. The summed E-state index contributed by atoms with van der Waals surface area (Å²) in [5, 5.41) is 8.61. The molecule has 6 heteroatoms. The highest BCUT2D eigenvalue weighted by molar-refractivity contribution is 5.66. The minimum Gasteiger partial charge on any atom is -0.481 e. The molecule has 1 heterocycles. The molecule has 1 atom stereocenters. The monoisotopic (exact) mass is 285 g/mol. The molecule has 0 radical (unpaired) electrons. The summed E-state index contributed by atoms with van der Waals surface area (Å²) >= 11 is 0. The Hall–Kier alpha value is -1.53. The second-order valence-electron chi connectivity index (χ2n) is 4.83. The van der Waals surface area contributed by atoms with Crippen molar-refractivity contribution in [2.75, 3.05) is 26.2 Å². The molecule has 0 aromatic heterocycles. The molecule has 0 aliphatic carbocycles. The first-order valence-electron chi connectivity index (χ1n) is 6.57. The van der Waals surface area contributed by atoms with E-state index in [0.717, 1.165) is 18.7 Å². The molecule has 4 nitrogen and oxygen atoms in total. The molecule has 0 spiro atoms. The first-order valence-corrected chi connectivity index (χ1v) is 6.57. The van der Waals surface area contributed by atoms with Crippen LogP contribution < -0.4 is 0 Å². The number of morpholine rings is 1. The van der Waals surface area contributed by atoms with Crippen molar-refractivity contribution < 1.29 is 23.4 Å². The van der Waals surface area contributed by atoms with Crippen LogP contribution in [0, 0.1) is 11.6 Å². The second kappa shape index (κ2) is 6.76. The average molecular weight is 285 g/mol. The zero-order chi connectivity index (χ0) is 14.5. The maximum Gasteiger partial charge on any atom is 0.303 e. The van der Waals surface area contributed by atoms with Crippen molar-refractivity contribution in [1.29, 1.82) is 0 Å². The third-order valence-corrected chi connectivity index (χ3v) is 3.33. The standard InChI is InChI=1S/C14H17F2NO3/c15-11-4-3-10(8-12(11)16)13-9-17(6-7-20-13)5-1-2-14(18)19/h3-4,8,13H,1-2,5-7,9H2,(H,18,19)/t13-/m1/s1. The van der Waals surface area contributed by atoms with E-state index in [1.807, 2.05) is 0 Å². The van der Waals surface area contributed by atoms with Gasteiger partial charge in [0, 0.05) is 19.5 Å². The Morgan fingerprint density at radius 1 is 1.40 bits per heavy atom. The van der Waals surface area contributed by atoms with Crippen LogP contribution in [0.2, 0.25) is 0 Å². The Bertz CT molecular complexity index is 481. The first-order chi connectivity index (χ1) is 9.56. The Morgan fingerprint density at radius 3 is 2.90 bits per heavy atom. The fourth-order valence-electron chi connectivity index (χ4n) is 2.27. The smallest absolute Gasteiger partial charge is 0.303 e. The van der Waals surface area contributed by atoms with Gasteiger partial charge in [-0.3, -0.25) is 9.69 Å². The van der Waals surface area contributed by atoms with E-state index in [4.69, 9.17) is 9.84 Å². The average Bonchev–Trinajstić information content (AvgIpc) is 2.42. The normalized spacial score (nSPS) is 20.0. The number of aliphatic carboxylic acids is 1. The molecular formula is C14H17F2NO3. The molecule has 0 saturated carbocycles. The fourth-order valence-corrected chi connectivity index (χ4v) is 2.27. The third kappa shape index (κ3) is 3.98. The summed E-state index contributed by atoms with van der Waals surface area (Å²) in [4.78, 5) is 12.6. The predicted molar refractivity (Wildman–Crippen MR) is 68.4 cm³/mol. The summed E-state index contributed by atoms with van der Waals surface area (Å²) in [6.07, 6.45) is 0.399. The lowest BCUT2D eigenvalue weighted by molar-refractivity contribution is -0.137. The summed E-state index contributed by atoms with van der Waals surface area (Å²) in [5.41, 5.74) is 0.604. The molecule has 1 saturated heterocycles. The van der Waals surface area contributed by atoms with Crippen LogP contribution in [0.4, 0.5) is 8.78 Å². The van der Waals surface area contributed by atoms with Crippen LogP contribution in [-0.2, 0) is 9.53 Å². The second-order valence-corrected chi connectivity index (χ2v) is 4.83. The molecule has 110 valence electrons. The van der Waals surface area contributed by atoms with Gasteiger partial charge >= 0.3 is 5.97 Å². The Balaban J connectivity index is 1.92. The van der Waals surface area contributed by atoms with E-state index >= 15 is 0 Å². The van der Waals surface area contributed by atoms with Gasteiger partial charge in [-0.2, -0.15) is 0 Å². The van der Waals surface area contributed by atoms with E-state index in [1.165, 1.54) is 6.07 Å². The van der Waals surface area contributed by atoms with Crippen LogP contribution in [0.15, 0.2) is 18.2 Å². The highest BCUT2D eigenvalue weighted by Gasteiger charge is 2.22. The van der Waals surface area contributed by atoms with Gasteiger partial charge in [0.05, 0.1) is 12.7 Å². The quantitative estimate of drug-likeness (QED) is 0.901. The van der Waals surface area contributed by atoms with E-state index in [1.54, 1.807) is 0 Å². The number of carboxylic acids is 1. The SMILES string of the molecule is O=C(O)CCCN1CCO[C@@H](c2ccc(F)c(F)c2)C1.